The molecule has 1 saturated heterocycles. The maximum atomic E-state index is 13.7. The summed E-state index contributed by atoms with van der Waals surface area (Å²) in [6.07, 6.45) is -4.98. The van der Waals surface area contributed by atoms with E-state index in [9.17, 15) is 28.0 Å². The van der Waals surface area contributed by atoms with Gasteiger partial charge in [0.1, 0.15) is 11.1 Å². The number of thioether (sulfide) groups is 1. The maximum Gasteiger partial charge on any atom is 0.417 e. The van der Waals surface area contributed by atoms with Gasteiger partial charge in [-0.2, -0.15) is 18.4 Å². The number of rotatable bonds is 4. The van der Waals surface area contributed by atoms with Gasteiger partial charge in [-0.25, -0.2) is 9.88 Å². The van der Waals surface area contributed by atoms with Crippen molar-refractivity contribution >= 4 is 40.6 Å². The van der Waals surface area contributed by atoms with E-state index in [0.717, 1.165) is 28.3 Å². The Morgan fingerprint density at radius 2 is 2.00 bits per heavy atom. The number of hydrogen-bond acceptors (Lipinski definition) is 6. The number of hydrogen-bond donors (Lipinski definition) is 0. The van der Waals surface area contributed by atoms with Gasteiger partial charge in [-0.3, -0.25) is 9.59 Å². The Morgan fingerprint density at radius 3 is 2.62 bits per heavy atom. The van der Waals surface area contributed by atoms with Gasteiger partial charge < -0.3 is 0 Å². The standard InChI is InChI=1S/C22H14F3N3O2S2/c1-12-4-2-5-13(8-12)28-19(29)10-18(21(28)30)32-20-14(11-26)15(22(23,24)25)9-16(27-20)17-6-3-7-31-17/h2-9,18H,10H2,1H3. The van der Waals surface area contributed by atoms with Crippen molar-refractivity contribution < 1.29 is 22.8 Å². The zero-order valence-electron chi connectivity index (χ0n) is 16.5. The minimum atomic E-state index is -4.78. The number of thiophene rings is 1. The minimum absolute atomic E-state index is 0.0566. The van der Waals surface area contributed by atoms with Gasteiger partial charge in [-0.05, 0) is 42.1 Å². The van der Waals surface area contributed by atoms with Crippen LogP contribution in [0.2, 0.25) is 0 Å². The highest BCUT2D eigenvalue weighted by molar-refractivity contribution is 8.00. The topological polar surface area (TPSA) is 74.1 Å². The van der Waals surface area contributed by atoms with E-state index < -0.39 is 34.4 Å². The Kier molecular flexibility index (Phi) is 5.79. The number of alkyl halides is 3. The van der Waals surface area contributed by atoms with Crippen LogP contribution in [-0.2, 0) is 15.8 Å². The smallest absolute Gasteiger partial charge is 0.274 e. The first-order chi connectivity index (χ1) is 15.2. The SMILES string of the molecule is Cc1cccc(N2C(=O)CC(Sc3nc(-c4cccs4)cc(C(F)(F)F)c3C#N)C2=O)c1. The Hall–Kier alpha value is -3.16. The molecule has 32 heavy (non-hydrogen) atoms. The minimum Gasteiger partial charge on any atom is -0.274 e. The van der Waals surface area contributed by atoms with Crippen molar-refractivity contribution in [3.8, 4) is 16.6 Å². The number of nitriles is 1. The van der Waals surface area contributed by atoms with Gasteiger partial charge >= 0.3 is 6.18 Å². The number of aromatic nitrogens is 1. The van der Waals surface area contributed by atoms with Crippen molar-refractivity contribution in [1.82, 2.24) is 4.98 Å². The summed E-state index contributed by atoms with van der Waals surface area (Å²) in [4.78, 5) is 31.3. The van der Waals surface area contributed by atoms with Crippen molar-refractivity contribution in [2.75, 3.05) is 4.90 Å². The monoisotopic (exact) mass is 473 g/mol. The van der Waals surface area contributed by atoms with E-state index in [1.165, 1.54) is 11.3 Å². The van der Waals surface area contributed by atoms with E-state index in [-0.39, 0.29) is 17.1 Å². The van der Waals surface area contributed by atoms with Gasteiger partial charge in [-0.15, -0.1) is 11.3 Å². The fraction of sp³-hybridized carbons (Fsp3) is 0.182. The van der Waals surface area contributed by atoms with E-state index in [2.05, 4.69) is 4.98 Å². The highest BCUT2D eigenvalue weighted by Gasteiger charge is 2.42. The van der Waals surface area contributed by atoms with Crippen LogP contribution in [0.3, 0.4) is 0 Å². The molecule has 0 bridgehead atoms. The highest BCUT2D eigenvalue weighted by atomic mass is 32.2. The summed E-state index contributed by atoms with van der Waals surface area (Å²) in [6, 6.07) is 12.6. The van der Waals surface area contributed by atoms with E-state index in [4.69, 9.17) is 0 Å². The number of carbonyl (C=O) groups is 2. The molecule has 1 atom stereocenters. The molecule has 1 aliphatic heterocycles. The average molecular weight is 474 g/mol. The van der Waals surface area contributed by atoms with Crippen LogP contribution < -0.4 is 4.90 Å². The second kappa shape index (κ2) is 8.41. The lowest BCUT2D eigenvalue weighted by Gasteiger charge is -2.17. The Morgan fingerprint density at radius 1 is 1.22 bits per heavy atom. The maximum absolute atomic E-state index is 13.7. The molecule has 2 amide bonds. The molecule has 0 N–H and O–H groups in total. The Labute approximate surface area is 189 Å². The summed E-state index contributed by atoms with van der Waals surface area (Å²) >= 11 is 1.93. The third kappa shape index (κ3) is 4.13. The lowest BCUT2D eigenvalue weighted by molar-refractivity contribution is -0.138. The number of aryl methyl sites for hydroxylation is 1. The van der Waals surface area contributed by atoms with Crippen LogP contribution >= 0.6 is 23.1 Å². The van der Waals surface area contributed by atoms with Crippen LogP contribution in [-0.4, -0.2) is 22.0 Å². The summed E-state index contributed by atoms with van der Waals surface area (Å²) < 4.78 is 41.1. The molecule has 1 aromatic carbocycles. The van der Waals surface area contributed by atoms with E-state index in [1.807, 2.05) is 13.0 Å². The van der Waals surface area contributed by atoms with Crippen LogP contribution in [0.5, 0.6) is 0 Å². The molecule has 162 valence electrons. The molecule has 1 fully saturated rings. The second-order valence-electron chi connectivity index (χ2n) is 7.04. The molecule has 10 heteroatoms. The number of halogens is 3. The number of amides is 2. The average Bonchev–Trinajstić information content (AvgIpc) is 3.35. The summed E-state index contributed by atoms with van der Waals surface area (Å²) in [5.41, 5.74) is -0.461. The second-order valence-corrected chi connectivity index (χ2v) is 9.18. The van der Waals surface area contributed by atoms with E-state index in [1.54, 1.807) is 41.8 Å². The first-order valence-corrected chi connectivity index (χ1v) is 11.1. The molecule has 0 radical (unpaired) electrons. The Bertz CT molecular complexity index is 1250. The molecule has 4 rings (SSSR count). The first-order valence-electron chi connectivity index (χ1n) is 9.35. The van der Waals surface area contributed by atoms with Gasteiger partial charge in [0.25, 0.3) is 0 Å². The number of imide groups is 1. The lowest BCUT2D eigenvalue weighted by Crippen LogP contribution is -2.31. The molecule has 3 heterocycles. The third-order valence-electron chi connectivity index (χ3n) is 4.80. The summed E-state index contributed by atoms with van der Waals surface area (Å²) in [5.74, 6) is -1.01. The van der Waals surface area contributed by atoms with Crippen molar-refractivity contribution in [2.24, 2.45) is 0 Å². The lowest BCUT2D eigenvalue weighted by atomic mass is 10.1. The molecule has 0 saturated carbocycles. The number of anilines is 1. The van der Waals surface area contributed by atoms with Crippen LogP contribution in [0.4, 0.5) is 18.9 Å². The summed E-state index contributed by atoms with van der Waals surface area (Å²) in [7, 11) is 0. The molecular weight excluding hydrogens is 459 g/mol. The predicted octanol–water partition coefficient (Wildman–Crippen LogP) is 5.43. The van der Waals surface area contributed by atoms with Crippen LogP contribution in [0.1, 0.15) is 23.1 Å². The number of benzene rings is 1. The first kappa shape index (κ1) is 22.0. The van der Waals surface area contributed by atoms with Crippen molar-refractivity contribution in [2.45, 2.75) is 29.8 Å². The van der Waals surface area contributed by atoms with Crippen molar-refractivity contribution in [3.05, 3.63) is 64.5 Å². The van der Waals surface area contributed by atoms with Crippen molar-refractivity contribution in [1.29, 1.82) is 5.26 Å². The molecule has 0 spiro atoms. The number of pyridine rings is 1. The zero-order chi connectivity index (χ0) is 23.0. The summed E-state index contributed by atoms with van der Waals surface area (Å²) in [6.45, 7) is 1.82. The quantitative estimate of drug-likeness (QED) is 0.472. The molecule has 0 aliphatic carbocycles. The fourth-order valence-electron chi connectivity index (χ4n) is 3.36. The fourth-order valence-corrected chi connectivity index (χ4v) is 5.17. The highest BCUT2D eigenvalue weighted by Crippen LogP contribution is 2.41. The molecule has 1 unspecified atom stereocenters. The summed E-state index contributed by atoms with van der Waals surface area (Å²) in [5, 5.41) is 9.97. The molecule has 2 aromatic heterocycles. The third-order valence-corrected chi connectivity index (χ3v) is 6.86. The van der Waals surface area contributed by atoms with Gasteiger partial charge in [0.2, 0.25) is 11.8 Å². The van der Waals surface area contributed by atoms with Crippen molar-refractivity contribution in [3.63, 3.8) is 0 Å². The largest absolute Gasteiger partial charge is 0.417 e. The van der Waals surface area contributed by atoms with Gasteiger partial charge in [-0.1, -0.05) is 30.0 Å². The van der Waals surface area contributed by atoms with Gasteiger partial charge in [0.05, 0.1) is 32.6 Å². The number of carbonyl (C=O) groups excluding carboxylic acids is 2. The molecule has 1 aliphatic rings. The molecule has 5 nitrogen and oxygen atoms in total. The van der Waals surface area contributed by atoms with E-state index >= 15 is 0 Å². The number of nitrogens with zero attached hydrogens (tertiary/aromatic N) is 3. The van der Waals surface area contributed by atoms with Crippen LogP contribution in [0, 0.1) is 18.3 Å². The molecular formula is C22H14F3N3O2S2. The van der Waals surface area contributed by atoms with Crippen LogP contribution in [0.15, 0.2) is 52.9 Å². The van der Waals surface area contributed by atoms with E-state index in [0.29, 0.717) is 10.6 Å². The Balaban J connectivity index is 1.74. The normalized spacial score (nSPS) is 16.5. The van der Waals surface area contributed by atoms with Crippen LogP contribution in [0.25, 0.3) is 10.6 Å². The predicted molar refractivity (Wildman–Crippen MR) is 115 cm³/mol. The zero-order valence-corrected chi connectivity index (χ0v) is 18.1. The molecule has 3 aromatic rings. The van der Waals surface area contributed by atoms with Gasteiger partial charge in [0, 0.05) is 6.42 Å². The van der Waals surface area contributed by atoms with Gasteiger partial charge in [0.15, 0.2) is 0 Å².